The largest absolute Gasteiger partial charge is 0.459 e. The second kappa shape index (κ2) is 8.53. The molecule has 1 atom stereocenters. The lowest BCUT2D eigenvalue weighted by molar-refractivity contribution is -0.118. The van der Waals surface area contributed by atoms with E-state index >= 15 is 0 Å². The molecule has 3 rings (SSSR count). The molecule has 7 nitrogen and oxygen atoms in total. The summed E-state index contributed by atoms with van der Waals surface area (Å²) in [5.74, 6) is -0.165. The van der Waals surface area contributed by atoms with Crippen molar-refractivity contribution in [2.45, 2.75) is 24.8 Å². The van der Waals surface area contributed by atoms with Gasteiger partial charge in [0, 0.05) is 17.5 Å². The molecule has 3 heterocycles. The Labute approximate surface area is 180 Å². The van der Waals surface area contributed by atoms with Gasteiger partial charge >= 0.3 is 5.92 Å². The number of hydrogen-bond acceptors (Lipinski definition) is 7. The van der Waals surface area contributed by atoms with Crippen molar-refractivity contribution in [1.29, 1.82) is 0 Å². The molecule has 1 aliphatic heterocycles. The van der Waals surface area contributed by atoms with Crippen LogP contribution in [0.2, 0.25) is 5.02 Å². The van der Waals surface area contributed by atoms with Crippen LogP contribution < -0.4 is 5.73 Å². The Bertz CT molecular complexity index is 1130. The van der Waals surface area contributed by atoms with E-state index in [1.165, 1.54) is 18.3 Å². The number of nitrogens with zero attached hydrogens (tertiary/aromatic N) is 3. The summed E-state index contributed by atoms with van der Waals surface area (Å²) in [5, 5.41) is 8.73. The van der Waals surface area contributed by atoms with Crippen molar-refractivity contribution in [2.24, 2.45) is 10.7 Å². The number of carbonyl (C=O) groups excluding carboxylic acids is 1. The number of aliphatic hydroxyl groups excluding tert-OH is 1. The van der Waals surface area contributed by atoms with Crippen molar-refractivity contribution >= 4 is 23.4 Å². The van der Waals surface area contributed by atoms with Crippen LogP contribution in [0.3, 0.4) is 0 Å². The van der Waals surface area contributed by atoms with Crippen LogP contribution in [0.1, 0.15) is 34.4 Å². The first-order valence-electron chi connectivity index (χ1n) is 8.87. The number of ketones is 1. The Hall–Kier alpha value is -3.16. The molecule has 0 fully saturated rings. The molecule has 3 N–H and O–H groups in total. The van der Waals surface area contributed by atoms with Crippen LogP contribution in [0.15, 0.2) is 29.4 Å². The summed E-state index contributed by atoms with van der Waals surface area (Å²) in [5.41, 5.74) is 2.65. The highest BCUT2D eigenvalue weighted by molar-refractivity contribution is 6.33. The van der Waals surface area contributed by atoms with Gasteiger partial charge in [-0.2, -0.15) is 8.78 Å². The van der Waals surface area contributed by atoms with Crippen LogP contribution in [-0.2, 0) is 16.7 Å². The maximum atomic E-state index is 14.5. The number of aliphatic imine (C=N–C) groups is 1. The van der Waals surface area contributed by atoms with E-state index in [1.54, 1.807) is 0 Å². The number of halogens is 4. The van der Waals surface area contributed by atoms with Crippen LogP contribution >= 0.6 is 11.6 Å². The van der Waals surface area contributed by atoms with Gasteiger partial charge in [-0.05, 0) is 25.1 Å². The fourth-order valence-electron chi connectivity index (χ4n) is 2.89. The molecule has 0 spiro atoms. The van der Waals surface area contributed by atoms with Crippen molar-refractivity contribution in [3.05, 3.63) is 57.9 Å². The third kappa shape index (κ3) is 4.47. The van der Waals surface area contributed by atoms with Crippen LogP contribution in [0, 0.1) is 17.7 Å². The predicted octanol–water partition coefficient (Wildman–Crippen LogP) is 2.23. The molecule has 0 aromatic carbocycles. The fraction of sp³-hybridized carbons (Fsp3) is 0.300. The number of amidine groups is 1. The number of carbonyl (C=O) groups is 1. The van der Waals surface area contributed by atoms with Crippen LogP contribution in [0.25, 0.3) is 0 Å². The molecular weight excluding hydrogens is 437 g/mol. The minimum absolute atomic E-state index is 0.0115. The molecule has 0 amide bonds. The zero-order valence-electron chi connectivity index (χ0n) is 16.1. The van der Waals surface area contributed by atoms with E-state index < -0.39 is 41.4 Å². The van der Waals surface area contributed by atoms with Gasteiger partial charge in [-0.25, -0.2) is 9.38 Å². The highest BCUT2D eigenvalue weighted by atomic mass is 35.5. The van der Waals surface area contributed by atoms with E-state index in [-0.39, 0.29) is 29.4 Å². The highest BCUT2D eigenvalue weighted by Crippen LogP contribution is 2.43. The average molecular weight is 453 g/mol. The molecule has 0 saturated carbocycles. The van der Waals surface area contributed by atoms with Crippen molar-refractivity contribution in [3.63, 3.8) is 0 Å². The Morgan fingerprint density at radius 1 is 1.42 bits per heavy atom. The SMILES string of the molecule is C[C@]1(c2nc(CC(=O)c3ncc(C#CCO)cc3Cl)ccc2F)N=C(N)OCC1(F)F. The average Bonchev–Trinajstić information content (AvgIpc) is 2.71. The molecule has 0 radical (unpaired) electrons. The van der Waals surface area contributed by atoms with Crippen LogP contribution in [-0.4, -0.2) is 46.0 Å². The van der Waals surface area contributed by atoms with E-state index in [0.29, 0.717) is 5.56 Å². The van der Waals surface area contributed by atoms with Gasteiger partial charge in [0.1, 0.15) is 23.8 Å². The summed E-state index contributed by atoms with van der Waals surface area (Å²) in [7, 11) is 0. The topological polar surface area (TPSA) is 111 Å². The van der Waals surface area contributed by atoms with E-state index in [4.69, 9.17) is 22.4 Å². The predicted molar refractivity (Wildman–Crippen MR) is 105 cm³/mol. The molecule has 31 heavy (non-hydrogen) atoms. The molecule has 162 valence electrons. The van der Waals surface area contributed by atoms with Crippen LogP contribution in [0.4, 0.5) is 13.2 Å². The molecule has 11 heteroatoms. The number of nitrogens with two attached hydrogens (primary N) is 1. The number of rotatable bonds is 4. The molecule has 0 aliphatic carbocycles. The number of ether oxygens (including phenoxy) is 1. The van der Waals surface area contributed by atoms with E-state index in [2.05, 4.69) is 31.5 Å². The molecule has 0 bridgehead atoms. The Balaban J connectivity index is 1.92. The lowest BCUT2D eigenvalue weighted by atomic mass is 9.88. The van der Waals surface area contributed by atoms with Crippen molar-refractivity contribution < 1.29 is 27.8 Å². The quantitative estimate of drug-likeness (QED) is 0.543. The number of alkyl halides is 2. The first-order valence-corrected chi connectivity index (χ1v) is 9.25. The third-order valence-electron chi connectivity index (χ3n) is 4.57. The van der Waals surface area contributed by atoms with E-state index in [0.717, 1.165) is 13.0 Å². The van der Waals surface area contributed by atoms with E-state index in [1.807, 2.05) is 0 Å². The summed E-state index contributed by atoms with van der Waals surface area (Å²) in [6, 6.07) is 3.00. The number of pyridine rings is 2. The minimum atomic E-state index is -3.59. The second-order valence-corrected chi connectivity index (χ2v) is 7.17. The standard InChI is InChI=1S/C20H16ClF3N4O3/c1-19(20(23,24)10-31-18(25)28-19)17-14(22)5-4-12(27-17)8-15(30)16-13(21)7-11(9-26-16)3-2-6-29/h4-5,7,9,29H,6,8,10H2,1H3,(H2,25,28)/t19-/m1/s1. The Kier molecular flexibility index (Phi) is 6.20. The highest BCUT2D eigenvalue weighted by Gasteiger charge is 2.57. The second-order valence-electron chi connectivity index (χ2n) is 6.76. The Morgan fingerprint density at radius 2 is 2.16 bits per heavy atom. The van der Waals surface area contributed by atoms with Crippen molar-refractivity contribution in [1.82, 2.24) is 9.97 Å². The molecule has 1 aliphatic rings. The van der Waals surface area contributed by atoms with Gasteiger partial charge in [0.05, 0.1) is 11.4 Å². The lowest BCUT2D eigenvalue weighted by Gasteiger charge is -2.36. The summed E-state index contributed by atoms with van der Waals surface area (Å²) >= 11 is 6.08. The first-order chi connectivity index (χ1) is 14.6. The van der Waals surface area contributed by atoms with Gasteiger partial charge in [0.15, 0.2) is 17.9 Å². The molecule has 2 aromatic heterocycles. The van der Waals surface area contributed by atoms with Gasteiger partial charge < -0.3 is 15.6 Å². The van der Waals surface area contributed by atoms with Gasteiger partial charge in [0.2, 0.25) is 0 Å². The van der Waals surface area contributed by atoms with Gasteiger partial charge in [-0.3, -0.25) is 14.8 Å². The fourth-order valence-corrected chi connectivity index (χ4v) is 3.16. The normalized spacial score (nSPS) is 19.6. The third-order valence-corrected chi connectivity index (χ3v) is 4.86. The smallest absolute Gasteiger partial charge is 0.311 e. The summed E-state index contributed by atoms with van der Waals surface area (Å²) in [6.07, 6.45) is 0.922. The molecule has 0 unspecified atom stereocenters. The van der Waals surface area contributed by atoms with Gasteiger partial charge in [0.25, 0.3) is 6.02 Å². The molecule has 2 aromatic rings. The van der Waals surface area contributed by atoms with Crippen LogP contribution in [0.5, 0.6) is 0 Å². The van der Waals surface area contributed by atoms with Gasteiger partial charge in [-0.1, -0.05) is 23.4 Å². The number of hydrogen-bond donors (Lipinski definition) is 2. The number of aliphatic hydroxyl groups is 1. The summed E-state index contributed by atoms with van der Waals surface area (Å²) < 4.78 is 48.1. The van der Waals surface area contributed by atoms with Crippen molar-refractivity contribution in [3.8, 4) is 11.8 Å². The summed E-state index contributed by atoms with van der Waals surface area (Å²) in [6.45, 7) is -0.450. The van der Waals surface area contributed by atoms with Gasteiger partial charge in [-0.15, -0.1) is 0 Å². The zero-order chi connectivity index (χ0) is 22.8. The zero-order valence-corrected chi connectivity index (χ0v) is 16.9. The first kappa shape index (κ1) is 22.5. The Morgan fingerprint density at radius 3 is 2.84 bits per heavy atom. The van der Waals surface area contributed by atoms with E-state index in [9.17, 15) is 18.0 Å². The lowest BCUT2D eigenvalue weighted by Crippen LogP contribution is -2.51. The molecular formula is C20H16ClF3N4O3. The number of aromatic nitrogens is 2. The minimum Gasteiger partial charge on any atom is -0.459 e. The maximum Gasteiger partial charge on any atom is 0.311 e. The maximum absolute atomic E-state index is 14.5. The number of Topliss-reactive ketones (excluding diaryl/α,β-unsaturated/α-hetero) is 1. The van der Waals surface area contributed by atoms with Crippen molar-refractivity contribution in [2.75, 3.05) is 13.2 Å². The molecule has 0 saturated heterocycles. The monoisotopic (exact) mass is 452 g/mol. The summed E-state index contributed by atoms with van der Waals surface area (Å²) in [4.78, 5) is 24.1.